The van der Waals surface area contributed by atoms with Crippen LogP contribution >= 0.6 is 0 Å². The van der Waals surface area contributed by atoms with Crippen LogP contribution in [0.5, 0.6) is 0 Å². The minimum absolute atomic E-state index is 0.0172. The van der Waals surface area contributed by atoms with Gasteiger partial charge in [0.2, 0.25) is 0 Å². The van der Waals surface area contributed by atoms with Gasteiger partial charge in [0.05, 0.1) is 11.5 Å². The number of ether oxygens (including phenoxy) is 2. The number of rotatable bonds is 7. The van der Waals surface area contributed by atoms with E-state index < -0.39 is 57.9 Å². The SMILES string of the molecule is CO[C@H]1O[C@H](CS(=O)(=O)CCC(C)(C)NC(=O)O)[C@@H](O)[C@H](O)[C@H]1O. The van der Waals surface area contributed by atoms with Gasteiger partial charge in [0.1, 0.15) is 24.4 Å². The van der Waals surface area contributed by atoms with Crippen LogP contribution in [0.3, 0.4) is 0 Å². The van der Waals surface area contributed by atoms with Crippen molar-refractivity contribution in [2.45, 2.75) is 56.5 Å². The highest BCUT2D eigenvalue weighted by molar-refractivity contribution is 7.91. The molecule has 0 saturated carbocycles. The summed E-state index contributed by atoms with van der Waals surface area (Å²) in [6.07, 6.45) is -8.46. The number of carbonyl (C=O) groups is 1. The van der Waals surface area contributed by atoms with Crippen LogP contribution < -0.4 is 5.32 Å². The summed E-state index contributed by atoms with van der Waals surface area (Å²) in [5.74, 6) is -0.940. The molecule has 0 aromatic heterocycles. The van der Waals surface area contributed by atoms with E-state index >= 15 is 0 Å². The Hall–Kier alpha value is -0.980. The number of sulfone groups is 1. The molecule has 1 fully saturated rings. The van der Waals surface area contributed by atoms with Crippen LogP contribution in [-0.4, -0.2) is 89.8 Å². The van der Waals surface area contributed by atoms with Gasteiger partial charge in [-0.1, -0.05) is 0 Å². The molecule has 11 heteroatoms. The van der Waals surface area contributed by atoms with Gasteiger partial charge in [0.25, 0.3) is 0 Å². The number of aliphatic hydroxyl groups is 3. The summed E-state index contributed by atoms with van der Waals surface area (Å²) < 4.78 is 34.4. The summed E-state index contributed by atoms with van der Waals surface area (Å²) in [6, 6.07) is 0. The molecule has 1 heterocycles. The van der Waals surface area contributed by atoms with Crippen molar-refractivity contribution in [1.29, 1.82) is 0 Å². The maximum atomic E-state index is 12.2. The van der Waals surface area contributed by atoms with E-state index in [0.717, 1.165) is 0 Å². The Kier molecular flexibility index (Phi) is 6.96. The van der Waals surface area contributed by atoms with Crippen molar-refractivity contribution in [3.63, 3.8) is 0 Å². The van der Waals surface area contributed by atoms with Crippen molar-refractivity contribution in [3.05, 3.63) is 0 Å². The van der Waals surface area contributed by atoms with Crippen LogP contribution in [0.4, 0.5) is 4.79 Å². The van der Waals surface area contributed by atoms with E-state index in [9.17, 15) is 28.5 Å². The highest BCUT2D eigenvalue weighted by Gasteiger charge is 2.45. The topological polar surface area (TPSA) is 163 Å². The van der Waals surface area contributed by atoms with Crippen molar-refractivity contribution < 1.29 is 43.1 Å². The first kappa shape index (κ1) is 21.1. The lowest BCUT2D eigenvalue weighted by molar-refractivity contribution is -0.285. The third-order valence-corrected chi connectivity index (χ3v) is 5.46. The Bertz CT molecular complexity index is 534. The van der Waals surface area contributed by atoms with Crippen LogP contribution in [0, 0.1) is 0 Å². The lowest BCUT2D eigenvalue weighted by Crippen LogP contribution is -2.59. The zero-order chi connectivity index (χ0) is 18.7. The molecule has 0 unspecified atom stereocenters. The quantitative estimate of drug-likeness (QED) is 0.351. The molecule has 1 aliphatic rings. The van der Waals surface area contributed by atoms with Gasteiger partial charge < -0.3 is 35.2 Å². The van der Waals surface area contributed by atoms with Gasteiger partial charge in [0, 0.05) is 12.6 Å². The van der Waals surface area contributed by atoms with Crippen molar-refractivity contribution in [2.75, 3.05) is 18.6 Å². The van der Waals surface area contributed by atoms with Crippen molar-refractivity contribution in [1.82, 2.24) is 5.32 Å². The van der Waals surface area contributed by atoms with E-state index in [0.29, 0.717) is 0 Å². The van der Waals surface area contributed by atoms with Gasteiger partial charge in [-0.05, 0) is 20.3 Å². The highest BCUT2D eigenvalue weighted by Crippen LogP contribution is 2.23. The number of nitrogens with one attached hydrogen (secondary N) is 1. The largest absolute Gasteiger partial charge is 0.465 e. The molecule has 0 spiro atoms. The monoisotopic (exact) mass is 371 g/mol. The maximum Gasteiger partial charge on any atom is 0.405 e. The van der Waals surface area contributed by atoms with Crippen LogP contribution in [0.15, 0.2) is 0 Å². The van der Waals surface area contributed by atoms with E-state index in [1.807, 2.05) is 0 Å². The van der Waals surface area contributed by atoms with Crippen LogP contribution in [0.1, 0.15) is 20.3 Å². The molecule has 1 aliphatic heterocycles. The second kappa shape index (κ2) is 7.93. The van der Waals surface area contributed by atoms with E-state index in [1.165, 1.54) is 7.11 Å². The first-order chi connectivity index (χ1) is 10.9. The fourth-order valence-corrected chi connectivity index (χ4v) is 4.11. The van der Waals surface area contributed by atoms with Gasteiger partial charge in [0.15, 0.2) is 16.1 Å². The zero-order valence-electron chi connectivity index (χ0n) is 13.7. The molecular weight excluding hydrogens is 346 g/mol. The molecule has 0 aliphatic carbocycles. The lowest BCUT2D eigenvalue weighted by atomic mass is 10.00. The molecule has 1 amide bonds. The molecule has 0 bridgehead atoms. The summed E-state index contributed by atoms with van der Waals surface area (Å²) in [4.78, 5) is 10.7. The molecular formula is C13H25NO9S. The smallest absolute Gasteiger partial charge is 0.405 e. The first-order valence-electron chi connectivity index (χ1n) is 7.32. The molecule has 0 aromatic carbocycles. The average molecular weight is 371 g/mol. The molecule has 142 valence electrons. The first-order valence-corrected chi connectivity index (χ1v) is 9.14. The number of hydrogen-bond donors (Lipinski definition) is 5. The Morgan fingerprint density at radius 1 is 1.21 bits per heavy atom. The average Bonchev–Trinajstić information content (AvgIpc) is 2.45. The van der Waals surface area contributed by atoms with Crippen LogP contribution in [0.25, 0.3) is 0 Å². The summed E-state index contributed by atoms with van der Waals surface area (Å²) in [5, 5.41) is 40.2. The van der Waals surface area contributed by atoms with Crippen molar-refractivity contribution in [2.24, 2.45) is 0 Å². The summed E-state index contributed by atoms with van der Waals surface area (Å²) in [7, 11) is -2.51. The normalized spacial score (nSPS) is 31.7. The summed E-state index contributed by atoms with van der Waals surface area (Å²) in [6.45, 7) is 3.09. The van der Waals surface area contributed by atoms with E-state index in [-0.39, 0.29) is 12.2 Å². The van der Waals surface area contributed by atoms with Crippen LogP contribution in [0.2, 0.25) is 0 Å². The predicted molar refractivity (Wildman–Crippen MR) is 82.2 cm³/mol. The Balaban J connectivity index is 2.70. The fourth-order valence-electron chi connectivity index (χ4n) is 2.35. The molecule has 1 saturated heterocycles. The Morgan fingerprint density at radius 2 is 1.79 bits per heavy atom. The van der Waals surface area contributed by atoms with E-state index in [2.05, 4.69) is 5.32 Å². The number of carboxylic acid groups (broad SMARTS) is 1. The Morgan fingerprint density at radius 3 is 2.29 bits per heavy atom. The summed E-state index contributed by atoms with van der Waals surface area (Å²) >= 11 is 0. The molecule has 0 radical (unpaired) electrons. The highest BCUT2D eigenvalue weighted by atomic mass is 32.2. The fraction of sp³-hybridized carbons (Fsp3) is 0.923. The second-order valence-corrected chi connectivity index (χ2v) is 8.66. The maximum absolute atomic E-state index is 12.2. The van der Waals surface area contributed by atoms with E-state index in [4.69, 9.17) is 14.6 Å². The van der Waals surface area contributed by atoms with Gasteiger partial charge >= 0.3 is 6.09 Å². The molecule has 10 nitrogen and oxygen atoms in total. The second-order valence-electron chi connectivity index (χ2n) is 6.43. The molecule has 24 heavy (non-hydrogen) atoms. The lowest BCUT2D eigenvalue weighted by Gasteiger charge is -2.39. The Labute approximate surface area is 140 Å². The number of amides is 1. The molecule has 5 N–H and O–H groups in total. The predicted octanol–water partition coefficient (Wildman–Crippen LogP) is -1.71. The van der Waals surface area contributed by atoms with Gasteiger partial charge in [-0.3, -0.25) is 0 Å². The number of methoxy groups -OCH3 is 1. The minimum atomic E-state index is -3.72. The molecule has 1 rings (SSSR count). The molecule has 5 atom stereocenters. The van der Waals surface area contributed by atoms with Crippen molar-refractivity contribution in [3.8, 4) is 0 Å². The van der Waals surface area contributed by atoms with Crippen LogP contribution in [-0.2, 0) is 19.3 Å². The zero-order valence-corrected chi connectivity index (χ0v) is 14.6. The summed E-state index contributed by atoms with van der Waals surface area (Å²) in [5.41, 5.74) is -0.949. The third kappa shape index (κ3) is 5.83. The minimum Gasteiger partial charge on any atom is -0.465 e. The van der Waals surface area contributed by atoms with Gasteiger partial charge in [-0.25, -0.2) is 13.2 Å². The molecule has 0 aromatic rings. The van der Waals surface area contributed by atoms with Crippen molar-refractivity contribution >= 4 is 15.9 Å². The number of hydrogen-bond acceptors (Lipinski definition) is 8. The third-order valence-electron chi connectivity index (χ3n) is 3.80. The van der Waals surface area contributed by atoms with E-state index in [1.54, 1.807) is 13.8 Å². The van der Waals surface area contributed by atoms with Gasteiger partial charge in [-0.15, -0.1) is 0 Å². The van der Waals surface area contributed by atoms with Gasteiger partial charge in [-0.2, -0.15) is 0 Å². The standard InChI is InChI=1S/C13H25NO9S/c1-13(2,14-12(18)19)4-5-24(20,21)6-7-8(15)9(16)10(17)11(22-3)23-7/h7-11,14-17H,4-6H2,1-3H3,(H,18,19)/t7-,8-,9+,10-,11+/m1/s1. The number of aliphatic hydroxyl groups excluding tert-OH is 3.